The average Bonchev–Trinajstić information content (AvgIpc) is 3.41. The normalized spacial score (nSPS) is 11.2. The number of carbonyl (C=O) groups excluding carboxylic acids is 1. The van der Waals surface area contributed by atoms with E-state index in [1.165, 1.54) is 11.3 Å². The zero-order valence-electron chi connectivity index (χ0n) is 17.1. The summed E-state index contributed by atoms with van der Waals surface area (Å²) in [7, 11) is 3.78. The van der Waals surface area contributed by atoms with Crippen LogP contribution in [0.4, 0.5) is 5.82 Å². The molecule has 0 bridgehead atoms. The molecule has 31 heavy (non-hydrogen) atoms. The zero-order valence-corrected chi connectivity index (χ0v) is 17.9. The summed E-state index contributed by atoms with van der Waals surface area (Å²) in [4.78, 5) is 27.5. The van der Waals surface area contributed by atoms with E-state index in [9.17, 15) is 4.79 Å². The fraction of sp³-hybridized carbons (Fsp3) is 0.130. The number of aromatic nitrogens is 4. The molecule has 5 rings (SSSR count). The molecule has 154 valence electrons. The first-order chi connectivity index (χ1) is 15.1. The molecule has 2 N–H and O–H groups in total. The number of fused-ring (bicyclic) bond motifs is 3. The van der Waals surface area contributed by atoms with Gasteiger partial charge in [-0.1, -0.05) is 53.8 Å². The molecule has 7 nitrogen and oxygen atoms in total. The highest BCUT2D eigenvalue weighted by molar-refractivity contribution is 7.21. The Morgan fingerprint density at radius 2 is 1.90 bits per heavy atom. The van der Waals surface area contributed by atoms with E-state index in [0.717, 1.165) is 43.3 Å². The number of rotatable bonds is 5. The van der Waals surface area contributed by atoms with Crippen LogP contribution >= 0.6 is 11.3 Å². The predicted octanol–water partition coefficient (Wildman–Crippen LogP) is 4.22. The summed E-state index contributed by atoms with van der Waals surface area (Å²) in [6.07, 6.45) is 1.77. The lowest BCUT2D eigenvalue weighted by molar-refractivity contribution is 0.0951. The largest absolute Gasteiger partial charge is 0.371 e. The molecule has 1 amide bonds. The van der Waals surface area contributed by atoms with Crippen molar-refractivity contribution in [2.24, 2.45) is 7.05 Å². The fourth-order valence-electron chi connectivity index (χ4n) is 3.55. The van der Waals surface area contributed by atoms with Gasteiger partial charge in [-0.25, -0.2) is 15.0 Å². The molecule has 0 atom stereocenters. The number of nitrogens with zero attached hydrogens (tertiary/aromatic N) is 4. The molecule has 8 heteroatoms. The number of benzene rings is 2. The molecule has 5 aromatic rings. The third-order valence-corrected chi connectivity index (χ3v) is 6.11. The molecule has 0 aliphatic heterocycles. The molecule has 0 fully saturated rings. The molecule has 3 heterocycles. The number of nitrogens with one attached hydrogen (secondary N) is 2. The summed E-state index contributed by atoms with van der Waals surface area (Å²) >= 11 is 1.50. The monoisotopic (exact) mass is 428 g/mol. The van der Waals surface area contributed by atoms with Crippen molar-refractivity contribution < 1.29 is 4.79 Å². The summed E-state index contributed by atoms with van der Waals surface area (Å²) in [5, 5.41) is 6.91. The molecule has 0 aliphatic rings. The van der Waals surface area contributed by atoms with Gasteiger partial charge in [-0.05, 0) is 17.7 Å². The lowest BCUT2D eigenvalue weighted by atomic mass is 10.1. The molecular weight excluding hydrogens is 408 g/mol. The van der Waals surface area contributed by atoms with Crippen LogP contribution in [-0.2, 0) is 13.6 Å². The minimum atomic E-state index is -0.114. The van der Waals surface area contributed by atoms with Gasteiger partial charge in [0.05, 0.1) is 6.33 Å². The van der Waals surface area contributed by atoms with Crippen LogP contribution in [0.25, 0.3) is 32.0 Å². The van der Waals surface area contributed by atoms with Crippen LogP contribution in [0.5, 0.6) is 0 Å². The number of thiazole rings is 1. The molecular formula is C23H20N6OS. The van der Waals surface area contributed by atoms with Crippen molar-refractivity contribution in [1.82, 2.24) is 24.8 Å². The average molecular weight is 429 g/mol. The van der Waals surface area contributed by atoms with Crippen molar-refractivity contribution >= 4 is 44.4 Å². The first-order valence-electron chi connectivity index (χ1n) is 9.86. The van der Waals surface area contributed by atoms with E-state index in [-0.39, 0.29) is 5.91 Å². The molecule has 2 aromatic carbocycles. The lowest BCUT2D eigenvalue weighted by Gasteiger charge is -2.06. The minimum Gasteiger partial charge on any atom is -0.371 e. The summed E-state index contributed by atoms with van der Waals surface area (Å²) in [6, 6.07) is 17.4. The van der Waals surface area contributed by atoms with Gasteiger partial charge in [0.2, 0.25) is 0 Å². The summed E-state index contributed by atoms with van der Waals surface area (Å²) in [5.41, 5.74) is 5.09. The van der Waals surface area contributed by atoms with Gasteiger partial charge >= 0.3 is 0 Å². The van der Waals surface area contributed by atoms with Crippen molar-refractivity contribution in [2.75, 3.05) is 12.4 Å². The second-order valence-electron chi connectivity index (χ2n) is 7.18. The second-order valence-corrected chi connectivity index (χ2v) is 8.16. The SMILES string of the molecule is CNc1nc2sc(-c3cccc(C(=O)NCc4ccccc4)c3)nc2c2c1ncn2C. The maximum atomic E-state index is 12.7. The summed E-state index contributed by atoms with van der Waals surface area (Å²) in [5.74, 6) is 0.615. The van der Waals surface area contributed by atoms with Gasteiger partial charge < -0.3 is 15.2 Å². The predicted molar refractivity (Wildman–Crippen MR) is 124 cm³/mol. The van der Waals surface area contributed by atoms with Crippen LogP contribution in [0, 0.1) is 0 Å². The third kappa shape index (κ3) is 3.51. The van der Waals surface area contributed by atoms with Crippen molar-refractivity contribution in [3.05, 3.63) is 72.1 Å². The molecule has 3 aromatic heterocycles. The van der Waals surface area contributed by atoms with Crippen LogP contribution in [0.3, 0.4) is 0 Å². The summed E-state index contributed by atoms with van der Waals surface area (Å²) in [6.45, 7) is 0.486. The standard InChI is InChI=1S/C23H20N6OS/c1-24-20-17-19(29(2)13-26-17)18-23(28-20)31-22(27-18)16-10-6-9-15(11-16)21(30)25-12-14-7-4-3-5-8-14/h3-11,13H,12H2,1-2H3,(H,24,28)(H,25,30). The van der Waals surface area contributed by atoms with Crippen molar-refractivity contribution in [1.29, 1.82) is 0 Å². The fourth-order valence-corrected chi connectivity index (χ4v) is 4.49. The smallest absolute Gasteiger partial charge is 0.251 e. The molecule has 0 radical (unpaired) electrons. The molecule has 0 saturated heterocycles. The Balaban J connectivity index is 1.48. The Morgan fingerprint density at radius 3 is 2.71 bits per heavy atom. The number of aryl methyl sites for hydroxylation is 1. The number of pyridine rings is 1. The van der Waals surface area contributed by atoms with Gasteiger partial charge in [0.1, 0.15) is 26.4 Å². The molecule has 0 saturated carbocycles. The first-order valence-corrected chi connectivity index (χ1v) is 10.7. The van der Waals surface area contributed by atoms with Crippen LogP contribution in [-0.4, -0.2) is 32.5 Å². The number of imidazole rings is 1. The van der Waals surface area contributed by atoms with Gasteiger partial charge in [0.25, 0.3) is 5.91 Å². The van der Waals surface area contributed by atoms with E-state index < -0.39 is 0 Å². The number of hydrogen-bond donors (Lipinski definition) is 2. The van der Waals surface area contributed by atoms with Gasteiger partial charge in [0.15, 0.2) is 5.82 Å². The Kier molecular flexibility index (Phi) is 4.83. The van der Waals surface area contributed by atoms with Crippen molar-refractivity contribution in [2.45, 2.75) is 6.54 Å². The van der Waals surface area contributed by atoms with E-state index >= 15 is 0 Å². The van der Waals surface area contributed by atoms with Crippen molar-refractivity contribution in [3.63, 3.8) is 0 Å². The first kappa shape index (κ1) is 19.2. The van der Waals surface area contributed by atoms with Gasteiger partial charge in [-0.15, -0.1) is 0 Å². The van der Waals surface area contributed by atoms with Crippen LogP contribution in [0.15, 0.2) is 60.9 Å². The van der Waals surface area contributed by atoms with E-state index in [4.69, 9.17) is 9.97 Å². The molecule has 0 unspecified atom stereocenters. The number of hydrogen-bond acceptors (Lipinski definition) is 6. The van der Waals surface area contributed by atoms with E-state index in [0.29, 0.717) is 12.1 Å². The quantitative estimate of drug-likeness (QED) is 0.438. The number of carbonyl (C=O) groups is 1. The highest BCUT2D eigenvalue weighted by Crippen LogP contribution is 2.35. The Labute approximate surface area is 182 Å². The van der Waals surface area contributed by atoms with Gasteiger partial charge in [-0.2, -0.15) is 0 Å². The lowest BCUT2D eigenvalue weighted by Crippen LogP contribution is -2.22. The second kappa shape index (κ2) is 7.81. The highest BCUT2D eigenvalue weighted by Gasteiger charge is 2.17. The molecule has 0 aliphatic carbocycles. The Hall–Kier alpha value is -3.78. The number of anilines is 1. The minimum absolute atomic E-state index is 0.114. The zero-order chi connectivity index (χ0) is 21.4. The topological polar surface area (TPSA) is 84.7 Å². The van der Waals surface area contributed by atoms with E-state index in [2.05, 4.69) is 15.6 Å². The Bertz CT molecular complexity index is 1410. The number of amides is 1. The maximum absolute atomic E-state index is 12.7. The van der Waals surface area contributed by atoms with Crippen LogP contribution in [0.2, 0.25) is 0 Å². The highest BCUT2D eigenvalue weighted by atomic mass is 32.1. The third-order valence-electron chi connectivity index (χ3n) is 5.11. The van der Waals surface area contributed by atoms with Crippen LogP contribution in [0.1, 0.15) is 15.9 Å². The van der Waals surface area contributed by atoms with E-state index in [1.54, 1.807) is 6.33 Å². The van der Waals surface area contributed by atoms with Crippen LogP contribution < -0.4 is 10.6 Å². The maximum Gasteiger partial charge on any atom is 0.251 e. The van der Waals surface area contributed by atoms with Crippen molar-refractivity contribution in [3.8, 4) is 10.6 Å². The summed E-state index contributed by atoms with van der Waals surface area (Å²) < 4.78 is 1.96. The van der Waals surface area contributed by atoms with Gasteiger partial charge in [-0.3, -0.25) is 4.79 Å². The van der Waals surface area contributed by atoms with Gasteiger partial charge in [0, 0.05) is 31.8 Å². The van der Waals surface area contributed by atoms with E-state index in [1.807, 2.05) is 73.3 Å². The Morgan fingerprint density at radius 1 is 1.06 bits per heavy atom. The molecule has 0 spiro atoms.